The summed E-state index contributed by atoms with van der Waals surface area (Å²) in [7, 11) is 1.57. The maximum absolute atomic E-state index is 12.2. The van der Waals surface area contributed by atoms with Crippen molar-refractivity contribution in [3.8, 4) is 17.4 Å². The number of hydrogen-bond donors (Lipinski definition) is 2. The number of methoxy groups -OCH3 is 1. The second kappa shape index (κ2) is 6.99. The van der Waals surface area contributed by atoms with Crippen LogP contribution in [0.5, 0.6) is 17.4 Å². The van der Waals surface area contributed by atoms with Gasteiger partial charge in [-0.05, 0) is 18.6 Å². The predicted molar refractivity (Wildman–Crippen MR) is 89.6 cm³/mol. The topological polar surface area (TPSA) is 89.1 Å². The molecule has 3 rings (SSSR count). The van der Waals surface area contributed by atoms with Crippen LogP contribution in [0.25, 0.3) is 11.2 Å². The van der Waals surface area contributed by atoms with Crippen molar-refractivity contribution in [3.05, 3.63) is 42.2 Å². The van der Waals surface area contributed by atoms with E-state index in [1.807, 2.05) is 19.1 Å². The van der Waals surface area contributed by atoms with Gasteiger partial charge in [0.2, 0.25) is 5.88 Å². The summed E-state index contributed by atoms with van der Waals surface area (Å²) in [5.74, 6) is 1.22. The van der Waals surface area contributed by atoms with Gasteiger partial charge in [-0.15, -0.1) is 0 Å². The molecule has 2 heterocycles. The molecule has 3 aromatic rings. The number of hydrogen-bond acceptors (Lipinski definition) is 5. The lowest BCUT2D eigenvalue weighted by atomic mass is 10.3. The fourth-order valence-corrected chi connectivity index (χ4v) is 2.25. The van der Waals surface area contributed by atoms with E-state index in [2.05, 4.69) is 20.3 Å². The standard InChI is InChI=1S/C17H18N4O3/c1-3-8-18-17(22)11-9-19-16-15(11)21-14(10-20-16)24-13-7-5-4-6-12(13)23-2/h4-7,9-10H,3,8H2,1-2H3,(H,18,22)(H,19,20). The van der Waals surface area contributed by atoms with Crippen molar-refractivity contribution in [3.63, 3.8) is 0 Å². The fraction of sp³-hybridized carbons (Fsp3) is 0.235. The maximum atomic E-state index is 12.2. The first-order valence-corrected chi connectivity index (χ1v) is 7.66. The van der Waals surface area contributed by atoms with Crippen molar-refractivity contribution in [1.29, 1.82) is 0 Å². The fourth-order valence-electron chi connectivity index (χ4n) is 2.25. The van der Waals surface area contributed by atoms with Gasteiger partial charge in [0.05, 0.1) is 18.9 Å². The molecule has 7 nitrogen and oxygen atoms in total. The van der Waals surface area contributed by atoms with Gasteiger partial charge in [-0.1, -0.05) is 19.1 Å². The van der Waals surface area contributed by atoms with Crippen molar-refractivity contribution >= 4 is 17.1 Å². The Morgan fingerprint density at radius 1 is 1.29 bits per heavy atom. The number of benzene rings is 1. The lowest BCUT2D eigenvalue weighted by Crippen LogP contribution is -2.23. The van der Waals surface area contributed by atoms with Crippen LogP contribution in [0.3, 0.4) is 0 Å². The zero-order valence-corrected chi connectivity index (χ0v) is 13.5. The molecule has 0 atom stereocenters. The summed E-state index contributed by atoms with van der Waals surface area (Å²) < 4.78 is 11.0. The number of nitrogens with one attached hydrogen (secondary N) is 2. The van der Waals surface area contributed by atoms with Gasteiger partial charge >= 0.3 is 0 Å². The Morgan fingerprint density at radius 2 is 2.08 bits per heavy atom. The molecule has 0 fully saturated rings. The molecule has 0 radical (unpaired) electrons. The molecule has 0 bridgehead atoms. The normalized spacial score (nSPS) is 10.6. The minimum atomic E-state index is -0.188. The predicted octanol–water partition coefficient (Wildman–Crippen LogP) is 2.90. The Bertz CT molecular complexity index is 860. The zero-order chi connectivity index (χ0) is 16.9. The largest absolute Gasteiger partial charge is 0.493 e. The number of fused-ring (bicyclic) bond motifs is 1. The van der Waals surface area contributed by atoms with Crippen molar-refractivity contribution < 1.29 is 14.3 Å². The van der Waals surface area contributed by atoms with E-state index >= 15 is 0 Å². The van der Waals surface area contributed by atoms with Gasteiger partial charge in [-0.25, -0.2) is 9.97 Å². The molecule has 0 spiro atoms. The second-order valence-electron chi connectivity index (χ2n) is 5.12. The number of amides is 1. The third kappa shape index (κ3) is 3.15. The van der Waals surface area contributed by atoms with Gasteiger partial charge in [-0.2, -0.15) is 0 Å². The van der Waals surface area contributed by atoms with E-state index in [1.165, 1.54) is 6.20 Å². The van der Waals surface area contributed by atoms with Crippen LogP contribution in [0.1, 0.15) is 23.7 Å². The van der Waals surface area contributed by atoms with E-state index in [9.17, 15) is 4.79 Å². The van der Waals surface area contributed by atoms with Crippen LogP contribution in [0, 0.1) is 0 Å². The molecule has 24 heavy (non-hydrogen) atoms. The van der Waals surface area contributed by atoms with Crippen molar-refractivity contribution in [2.75, 3.05) is 13.7 Å². The number of aromatic nitrogens is 3. The molecule has 124 valence electrons. The maximum Gasteiger partial charge on any atom is 0.255 e. The van der Waals surface area contributed by atoms with E-state index in [4.69, 9.17) is 9.47 Å². The van der Waals surface area contributed by atoms with Crippen LogP contribution in [0.2, 0.25) is 0 Å². The summed E-state index contributed by atoms with van der Waals surface area (Å²) in [6.45, 7) is 2.60. The summed E-state index contributed by atoms with van der Waals surface area (Å²) in [5.41, 5.74) is 1.44. The second-order valence-corrected chi connectivity index (χ2v) is 5.12. The lowest BCUT2D eigenvalue weighted by molar-refractivity contribution is 0.0955. The third-order valence-corrected chi connectivity index (χ3v) is 3.42. The van der Waals surface area contributed by atoms with Gasteiger partial charge < -0.3 is 19.8 Å². The molecule has 2 aromatic heterocycles. The van der Waals surface area contributed by atoms with Crippen LogP contribution < -0.4 is 14.8 Å². The van der Waals surface area contributed by atoms with Crippen LogP contribution >= 0.6 is 0 Å². The highest BCUT2D eigenvalue weighted by Gasteiger charge is 2.15. The molecule has 0 aliphatic rings. The van der Waals surface area contributed by atoms with Crippen molar-refractivity contribution in [2.24, 2.45) is 0 Å². The summed E-state index contributed by atoms with van der Waals surface area (Å²) in [6.07, 6.45) is 3.96. The smallest absolute Gasteiger partial charge is 0.255 e. The Hall–Kier alpha value is -3.09. The molecule has 0 unspecified atom stereocenters. The molecule has 0 aliphatic carbocycles. The number of para-hydroxylation sites is 2. The first-order chi connectivity index (χ1) is 11.7. The highest BCUT2D eigenvalue weighted by molar-refractivity contribution is 6.04. The monoisotopic (exact) mass is 326 g/mol. The van der Waals surface area contributed by atoms with Crippen molar-refractivity contribution in [2.45, 2.75) is 13.3 Å². The van der Waals surface area contributed by atoms with E-state index < -0.39 is 0 Å². The molecule has 0 saturated carbocycles. The van der Waals surface area contributed by atoms with Crippen LogP contribution in [-0.4, -0.2) is 34.5 Å². The van der Waals surface area contributed by atoms with E-state index in [0.717, 1.165) is 6.42 Å². The van der Waals surface area contributed by atoms with Gasteiger partial charge in [-0.3, -0.25) is 4.79 Å². The van der Waals surface area contributed by atoms with E-state index in [0.29, 0.717) is 34.8 Å². The zero-order valence-electron chi connectivity index (χ0n) is 13.5. The number of nitrogens with zero attached hydrogens (tertiary/aromatic N) is 2. The number of carbonyl (C=O) groups is 1. The van der Waals surface area contributed by atoms with E-state index in [-0.39, 0.29) is 11.8 Å². The average molecular weight is 326 g/mol. The molecule has 7 heteroatoms. The summed E-state index contributed by atoms with van der Waals surface area (Å²) in [6, 6.07) is 7.25. The average Bonchev–Trinajstić information content (AvgIpc) is 3.03. The Morgan fingerprint density at radius 3 is 2.83 bits per heavy atom. The summed E-state index contributed by atoms with van der Waals surface area (Å²) in [5, 5.41) is 2.83. The summed E-state index contributed by atoms with van der Waals surface area (Å²) in [4.78, 5) is 23.8. The Balaban J connectivity index is 1.91. The summed E-state index contributed by atoms with van der Waals surface area (Å²) >= 11 is 0. The first-order valence-electron chi connectivity index (χ1n) is 7.66. The molecule has 0 saturated heterocycles. The van der Waals surface area contributed by atoms with Crippen molar-refractivity contribution in [1.82, 2.24) is 20.3 Å². The van der Waals surface area contributed by atoms with Gasteiger partial charge in [0.25, 0.3) is 5.91 Å². The Labute approximate surface area is 139 Å². The third-order valence-electron chi connectivity index (χ3n) is 3.42. The molecule has 1 amide bonds. The highest BCUT2D eigenvalue weighted by Crippen LogP contribution is 2.30. The number of H-pyrrole nitrogens is 1. The van der Waals surface area contributed by atoms with E-state index in [1.54, 1.807) is 25.4 Å². The highest BCUT2D eigenvalue weighted by atomic mass is 16.5. The molecular weight excluding hydrogens is 308 g/mol. The minimum absolute atomic E-state index is 0.188. The minimum Gasteiger partial charge on any atom is -0.493 e. The first kappa shape index (κ1) is 15.8. The van der Waals surface area contributed by atoms with Crippen LogP contribution in [0.15, 0.2) is 36.7 Å². The quantitative estimate of drug-likeness (QED) is 0.727. The van der Waals surface area contributed by atoms with Crippen LogP contribution in [0.4, 0.5) is 0 Å². The van der Waals surface area contributed by atoms with Gasteiger partial charge in [0, 0.05) is 12.7 Å². The number of ether oxygens (including phenoxy) is 2. The molecule has 1 aromatic carbocycles. The number of rotatable bonds is 6. The molecule has 2 N–H and O–H groups in total. The Kier molecular flexibility index (Phi) is 4.60. The lowest BCUT2D eigenvalue weighted by Gasteiger charge is -2.09. The SMILES string of the molecule is CCCNC(=O)c1c[nH]c2ncc(Oc3ccccc3OC)nc12. The molecular formula is C17H18N4O3. The number of aromatic amines is 1. The molecule has 0 aliphatic heterocycles. The van der Waals surface area contributed by atoms with Crippen LogP contribution in [-0.2, 0) is 0 Å². The van der Waals surface area contributed by atoms with Gasteiger partial charge in [0.15, 0.2) is 17.1 Å². The van der Waals surface area contributed by atoms with Gasteiger partial charge in [0.1, 0.15) is 5.52 Å². The number of carbonyl (C=O) groups excluding carboxylic acids is 1.